The van der Waals surface area contributed by atoms with Crippen molar-refractivity contribution in [2.45, 2.75) is 33.2 Å². The van der Waals surface area contributed by atoms with Crippen LogP contribution in [0.1, 0.15) is 30.9 Å². The van der Waals surface area contributed by atoms with Gasteiger partial charge in [-0.2, -0.15) is 0 Å². The molecule has 0 radical (unpaired) electrons. The summed E-state index contributed by atoms with van der Waals surface area (Å²) in [7, 11) is 0. The standard InChI is InChI=1S/C15H22FN3/c1-3-17-15(19-8-4-5-9-19)18-11-13-7-6-12(2)14(16)10-13/h6-7,10H,3-5,8-9,11H2,1-2H3,(H,17,18). The highest BCUT2D eigenvalue weighted by atomic mass is 19.1. The quantitative estimate of drug-likeness (QED) is 0.670. The van der Waals surface area contributed by atoms with E-state index in [1.54, 1.807) is 13.0 Å². The minimum absolute atomic E-state index is 0.154. The number of likely N-dealkylation sites (tertiary alicyclic amines) is 1. The predicted molar refractivity (Wildman–Crippen MR) is 76.8 cm³/mol. The molecule has 1 heterocycles. The van der Waals surface area contributed by atoms with Crippen LogP contribution in [0.3, 0.4) is 0 Å². The molecule has 1 saturated heterocycles. The molecule has 1 aliphatic heterocycles. The topological polar surface area (TPSA) is 27.6 Å². The van der Waals surface area contributed by atoms with E-state index in [2.05, 4.69) is 22.1 Å². The molecule has 0 aromatic heterocycles. The molecule has 19 heavy (non-hydrogen) atoms. The van der Waals surface area contributed by atoms with Crippen molar-refractivity contribution in [3.63, 3.8) is 0 Å². The number of halogens is 1. The van der Waals surface area contributed by atoms with E-state index in [4.69, 9.17) is 0 Å². The molecule has 3 nitrogen and oxygen atoms in total. The lowest BCUT2D eigenvalue weighted by Crippen LogP contribution is -2.39. The van der Waals surface area contributed by atoms with E-state index in [0.29, 0.717) is 12.1 Å². The van der Waals surface area contributed by atoms with E-state index in [1.165, 1.54) is 12.8 Å². The summed E-state index contributed by atoms with van der Waals surface area (Å²) in [4.78, 5) is 6.87. The number of aliphatic imine (C=N–C) groups is 1. The van der Waals surface area contributed by atoms with Crippen molar-refractivity contribution in [3.8, 4) is 0 Å². The molecule has 4 heteroatoms. The zero-order valence-corrected chi connectivity index (χ0v) is 11.7. The molecule has 0 bridgehead atoms. The van der Waals surface area contributed by atoms with E-state index in [9.17, 15) is 4.39 Å². The van der Waals surface area contributed by atoms with Crippen molar-refractivity contribution in [2.24, 2.45) is 4.99 Å². The fourth-order valence-corrected chi connectivity index (χ4v) is 2.26. The molecule has 2 rings (SSSR count). The van der Waals surface area contributed by atoms with Crippen molar-refractivity contribution in [2.75, 3.05) is 19.6 Å². The molecule has 1 aromatic rings. The average Bonchev–Trinajstić information content (AvgIpc) is 2.92. The van der Waals surface area contributed by atoms with Crippen LogP contribution in [0.25, 0.3) is 0 Å². The van der Waals surface area contributed by atoms with Gasteiger partial charge < -0.3 is 10.2 Å². The van der Waals surface area contributed by atoms with Crippen LogP contribution in [-0.2, 0) is 6.54 Å². The molecule has 0 spiro atoms. The summed E-state index contributed by atoms with van der Waals surface area (Å²) >= 11 is 0. The molecule has 1 fully saturated rings. The Labute approximate surface area is 114 Å². The lowest BCUT2D eigenvalue weighted by atomic mass is 10.1. The number of nitrogens with one attached hydrogen (secondary N) is 1. The summed E-state index contributed by atoms with van der Waals surface area (Å²) in [6.45, 7) is 7.35. The highest BCUT2D eigenvalue weighted by molar-refractivity contribution is 5.80. The summed E-state index contributed by atoms with van der Waals surface area (Å²) in [6.07, 6.45) is 2.45. The average molecular weight is 263 g/mol. The van der Waals surface area contributed by atoms with Gasteiger partial charge in [0.15, 0.2) is 5.96 Å². The van der Waals surface area contributed by atoms with Gasteiger partial charge >= 0.3 is 0 Å². The van der Waals surface area contributed by atoms with Gasteiger partial charge in [0.25, 0.3) is 0 Å². The Kier molecular flexibility index (Phi) is 4.77. The van der Waals surface area contributed by atoms with E-state index in [0.717, 1.165) is 31.2 Å². The summed E-state index contributed by atoms with van der Waals surface area (Å²) in [5.74, 6) is 0.792. The highest BCUT2D eigenvalue weighted by Crippen LogP contribution is 2.11. The van der Waals surface area contributed by atoms with Crippen LogP contribution in [0.2, 0.25) is 0 Å². The number of benzene rings is 1. The number of rotatable bonds is 3. The van der Waals surface area contributed by atoms with Crippen molar-refractivity contribution < 1.29 is 4.39 Å². The Bertz CT molecular complexity index is 451. The van der Waals surface area contributed by atoms with Gasteiger partial charge in [0.2, 0.25) is 0 Å². The lowest BCUT2D eigenvalue weighted by molar-refractivity contribution is 0.493. The fourth-order valence-electron chi connectivity index (χ4n) is 2.26. The summed E-state index contributed by atoms with van der Waals surface area (Å²) in [6, 6.07) is 5.32. The summed E-state index contributed by atoms with van der Waals surface area (Å²) in [5.41, 5.74) is 1.59. The maximum atomic E-state index is 13.5. The highest BCUT2D eigenvalue weighted by Gasteiger charge is 2.15. The minimum Gasteiger partial charge on any atom is -0.357 e. The Morgan fingerprint density at radius 3 is 2.74 bits per heavy atom. The van der Waals surface area contributed by atoms with Gasteiger partial charge in [0, 0.05) is 19.6 Å². The number of nitrogens with zero attached hydrogens (tertiary/aromatic N) is 2. The Balaban J connectivity index is 2.06. The second-order valence-electron chi connectivity index (χ2n) is 4.95. The number of hydrogen-bond acceptors (Lipinski definition) is 1. The van der Waals surface area contributed by atoms with Crippen molar-refractivity contribution in [3.05, 3.63) is 35.1 Å². The molecule has 0 unspecified atom stereocenters. The van der Waals surface area contributed by atoms with Crippen molar-refractivity contribution in [1.29, 1.82) is 0 Å². The van der Waals surface area contributed by atoms with Crippen LogP contribution < -0.4 is 5.32 Å². The summed E-state index contributed by atoms with van der Waals surface area (Å²) < 4.78 is 13.5. The first-order valence-corrected chi connectivity index (χ1v) is 6.99. The molecule has 0 aliphatic carbocycles. The monoisotopic (exact) mass is 263 g/mol. The second-order valence-corrected chi connectivity index (χ2v) is 4.95. The van der Waals surface area contributed by atoms with Crippen molar-refractivity contribution >= 4 is 5.96 Å². The van der Waals surface area contributed by atoms with Crippen molar-refractivity contribution in [1.82, 2.24) is 10.2 Å². The Hall–Kier alpha value is -1.58. The molecule has 104 valence electrons. The van der Waals surface area contributed by atoms with E-state index < -0.39 is 0 Å². The molecule has 0 atom stereocenters. The molecule has 1 aromatic carbocycles. The van der Waals surface area contributed by atoms with Crippen LogP contribution >= 0.6 is 0 Å². The largest absolute Gasteiger partial charge is 0.357 e. The van der Waals surface area contributed by atoms with E-state index in [1.807, 2.05) is 12.1 Å². The van der Waals surface area contributed by atoms with E-state index >= 15 is 0 Å². The molecular weight excluding hydrogens is 241 g/mol. The maximum Gasteiger partial charge on any atom is 0.194 e. The number of aryl methyl sites for hydroxylation is 1. The van der Waals surface area contributed by atoms with Gasteiger partial charge in [0.1, 0.15) is 5.82 Å². The smallest absolute Gasteiger partial charge is 0.194 e. The van der Waals surface area contributed by atoms with Gasteiger partial charge in [0.05, 0.1) is 6.54 Å². The van der Waals surface area contributed by atoms with Gasteiger partial charge in [-0.1, -0.05) is 12.1 Å². The molecule has 1 aliphatic rings. The first-order chi connectivity index (χ1) is 9.20. The second kappa shape index (κ2) is 6.55. The van der Waals surface area contributed by atoms with Gasteiger partial charge in [-0.3, -0.25) is 0 Å². The zero-order chi connectivity index (χ0) is 13.7. The lowest BCUT2D eigenvalue weighted by Gasteiger charge is -2.20. The predicted octanol–water partition coefficient (Wildman–Crippen LogP) is 2.70. The van der Waals surface area contributed by atoms with Gasteiger partial charge in [-0.25, -0.2) is 9.38 Å². The van der Waals surface area contributed by atoms with E-state index in [-0.39, 0.29) is 5.82 Å². The molecule has 0 amide bonds. The summed E-state index contributed by atoms with van der Waals surface area (Å²) in [5, 5.41) is 3.30. The molecule has 1 N–H and O–H groups in total. The SMILES string of the molecule is CCNC(=NCc1ccc(C)c(F)c1)N1CCCC1. The third-order valence-electron chi connectivity index (χ3n) is 3.39. The normalized spacial score (nSPS) is 15.9. The fraction of sp³-hybridized carbons (Fsp3) is 0.533. The zero-order valence-electron chi connectivity index (χ0n) is 11.7. The maximum absolute atomic E-state index is 13.5. The van der Waals surface area contributed by atoms with Crippen LogP contribution in [-0.4, -0.2) is 30.5 Å². The third kappa shape index (κ3) is 3.69. The first kappa shape index (κ1) is 13.8. The van der Waals surface area contributed by atoms with Crippen LogP contribution in [0.15, 0.2) is 23.2 Å². The Morgan fingerprint density at radius 1 is 1.37 bits per heavy atom. The first-order valence-electron chi connectivity index (χ1n) is 6.99. The Morgan fingerprint density at radius 2 is 2.11 bits per heavy atom. The van der Waals surface area contributed by atoms with Gasteiger partial charge in [-0.05, 0) is 43.9 Å². The molecule has 0 saturated carbocycles. The number of guanidine groups is 1. The number of hydrogen-bond donors (Lipinski definition) is 1. The minimum atomic E-state index is -0.154. The van der Waals surface area contributed by atoms with Crippen LogP contribution in [0, 0.1) is 12.7 Å². The van der Waals surface area contributed by atoms with Crippen LogP contribution in [0.4, 0.5) is 4.39 Å². The third-order valence-corrected chi connectivity index (χ3v) is 3.39. The van der Waals surface area contributed by atoms with Gasteiger partial charge in [-0.15, -0.1) is 0 Å². The molecular formula is C15H22FN3. The van der Waals surface area contributed by atoms with Crippen LogP contribution in [0.5, 0.6) is 0 Å².